The van der Waals surface area contributed by atoms with Crippen molar-refractivity contribution in [1.29, 1.82) is 0 Å². The van der Waals surface area contributed by atoms with Crippen LogP contribution in [0.15, 0.2) is 70.2 Å². The van der Waals surface area contributed by atoms with Crippen LogP contribution in [-0.4, -0.2) is 31.8 Å². The number of aryl methyl sites for hydroxylation is 1. The first-order valence-electron chi connectivity index (χ1n) is 10.0. The van der Waals surface area contributed by atoms with Crippen molar-refractivity contribution in [3.63, 3.8) is 0 Å². The minimum Gasteiger partial charge on any atom is -0.493 e. The Hall–Kier alpha value is -3.65. The Bertz CT molecular complexity index is 1190. The van der Waals surface area contributed by atoms with E-state index in [4.69, 9.17) is 14.2 Å². The SMILES string of the molecule is COc1cc(C=NNC(=O)COc2cccc(C)c2C)ccc1OC(=O)c1cccc(Br)c1. The molecule has 0 heterocycles. The fourth-order valence-corrected chi connectivity index (χ4v) is 3.26. The molecule has 0 spiro atoms. The summed E-state index contributed by atoms with van der Waals surface area (Å²) in [5.41, 5.74) is 5.55. The lowest BCUT2D eigenvalue weighted by atomic mass is 10.1. The molecule has 0 radical (unpaired) electrons. The van der Waals surface area contributed by atoms with E-state index in [1.54, 1.807) is 36.4 Å². The number of benzene rings is 3. The standard InChI is InChI=1S/C25H23BrN2O5/c1-16-6-4-9-21(17(16)2)32-15-24(29)28-27-14-18-10-11-22(23(12-18)31-3)33-25(30)19-7-5-8-20(26)13-19/h4-14H,15H2,1-3H3,(H,28,29). The van der Waals surface area contributed by atoms with Crippen molar-refractivity contribution in [1.82, 2.24) is 5.43 Å². The second kappa shape index (κ2) is 11.3. The first kappa shape index (κ1) is 24.0. The molecular weight excluding hydrogens is 488 g/mol. The third-order valence-electron chi connectivity index (χ3n) is 4.77. The van der Waals surface area contributed by atoms with Gasteiger partial charge in [-0.2, -0.15) is 5.10 Å². The average Bonchev–Trinajstić information content (AvgIpc) is 2.80. The Kier molecular flexibility index (Phi) is 8.21. The normalized spacial score (nSPS) is 10.7. The van der Waals surface area contributed by atoms with Gasteiger partial charge in [-0.1, -0.05) is 34.1 Å². The fourth-order valence-electron chi connectivity index (χ4n) is 2.86. The van der Waals surface area contributed by atoms with E-state index in [9.17, 15) is 9.59 Å². The number of hydrazone groups is 1. The molecule has 0 atom stereocenters. The summed E-state index contributed by atoms with van der Waals surface area (Å²) in [7, 11) is 1.47. The van der Waals surface area contributed by atoms with Crippen molar-refractivity contribution < 1.29 is 23.8 Å². The topological polar surface area (TPSA) is 86.2 Å². The van der Waals surface area contributed by atoms with E-state index in [1.165, 1.54) is 13.3 Å². The highest BCUT2D eigenvalue weighted by Crippen LogP contribution is 2.28. The summed E-state index contributed by atoms with van der Waals surface area (Å²) < 4.78 is 17.1. The zero-order chi connectivity index (χ0) is 23.8. The number of ether oxygens (including phenoxy) is 3. The molecule has 1 N–H and O–H groups in total. The van der Waals surface area contributed by atoms with Crippen LogP contribution in [0.1, 0.15) is 27.0 Å². The third-order valence-corrected chi connectivity index (χ3v) is 5.26. The molecule has 0 aliphatic rings. The lowest BCUT2D eigenvalue weighted by molar-refractivity contribution is -0.123. The van der Waals surface area contributed by atoms with Crippen molar-refractivity contribution >= 4 is 34.0 Å². The first-order chi connectivity index (χ1) is 15.9. The van der Waals surface area contributed by atoms with Crippen LogP contribution in [0.25, 0.3) is 0 Å². The summed E-state index contributed by atoms with van der Waals surface area (Å²) in [4.78, 5) is 24.4. The Morgan fingerprint density at radius 3 is 2.55 bits per heavy atom. The molecule has 0 bridgehead atoms. The van der Waals surface area contributed by atoms with Crippen LogP contribution >= 0.6 is 15.9 Å². The summed E-state index contributed by atoms with van der Waals surface area (Å²) in [6.45, 7) is 3.76. The molecule has 0 aliphatic carbocycles. The number of nitrogens with zero attached hydrogens (tertiary/aromatic N) is 1. The van der Waals surface area contributed by atoms with Gasteiger partial charge in [-0.25, -0.2) is 10.2 Å². The fraction of sp³-hybridized carbons (Fsp3) is 0.160. The predicted molar refractivity (Wildman–Crippen MR) is 129 cm³/mol. The van der Waals surface area contributed by atoms with Gasteiger partial charge in [0.25, 0.3) is 5.91 Å². The summed E-state index contributed by atoms with van der Waals surface area (Å²) in [6.07, 6.45) is 1.46. The van der Waals surface area contributed by atoms with Crippen LogP contribution < -0.4 is 19.6 Å². The second-order valence-electron chi connectivity index (χ2n) is 7.09. The van der Waals surface area contributed by atoms with E-state index in [0.717, 1.165) is 15.6 Å². The highest BCUT2D eigenvalue weighted by atomic mass is 79.9. The number of halogens is 1. The molecule has 7 nitrogen and oxygen atoms in total. The molecule has 3 aromatic carbocycles. The van der Waals surface area contributed by atoms with E-state index < -0.39 is 11.9 Å². The Morgan fingerprint density at radius 1 is 1.00 bits per heavy atom. The molecule has 0 saturated carbocycles. The molecule has 170 valence electrons. The van der Waals surface area contributed by atoms with Gasteiger partial charge >= 0.3 is 5.97 Å². The van der Waals surface area contributed by atoms with Gasteiger partial charge in [-0.05, 0) is 73.0 Å². The van der Waals surface area contributed by atoms with Crippen molar-refractivity contribution in [2.24, 2.45) is 5.10 Å². The number of hydrogen-bond acceptors (Lipinski definition) is 6. The van der Waals surface area contributed by atoms with Gasteiger partial charge in [0.1, 0.15) is 5.75 Å². The predicted octanol–water partition coefficient (Wildman–Crippen LogP) is 4.82. The minimum absolute atomic E-state index is 0.157. The van der Waals surface area contributed by atoms with E-state index in [1.807, 2.05) is 38.1 Å². The number of carbonyl (C=O) groups excluding carboxylic acids is 2. The molecule has 8 heteroatoms. The maximum absolute atomic E-state index is 12.4. The van der Waals surface area contributed by atoms with Gasteiger partial charge in [0.05, 0.1) is 18.9 Å². The van der Waals surface area contributed by atoms with Gasteiger partial charge < -0.3 is 14.2 Å². The number of hydrogen-bond donors (Lipinski definition) is 1. The summed E-state index contributed by atoms with van der Waals surface area (Å²) in [5, 5.41) is 3.94. The number of carbonyl (C=O) groups is 2. The smallest absolute Gasteiger partial charge is 0.343 e. The monoisotopic (exact) mass is 510 g/mol. The van der Waals surface area contributed by atoms with E-state index in [-0.39, 0.29) is 12.4 Å². The number of rotatable bonds is 8. The van der Waals surface area contributed by atoms with Gasteiger partial charge in [0.2, 0.25) is 0 Å². The van der Waals surface area contributed by atoms with Crippen LogP contribution in [0.4, 0.5) is 0 Å². The molecule has 0 aliphatic heterocycles. The third kappa shape index (κ3) is 6.66. The number of nitrogens with one attached hydrogen (secondary N) is 1. The molecule has 1 amide bonds. The van der Waals surface area contributed by atoms with Crippen LogP contribution in [0.3, 0.4) is 0 Å². The number of esters is 1. The van der Waals surface area contributed by atoms with Gasteiger partial charge in [-0.3, -0.25) is 4.79 Å². The zero-order valence-corrected chi connectivity index (χ0v) is 20.0. The van der Waals surface area contributed by atoms with E-state index in [0.29, 0.717) is 22.6 Å². The molecule has 0 unspecified atom stereocenters. The van der Waals surface area contributed by atoms with Crippen LogP contribution in [-0.2, 0) is 4.79 Å². The van der Waals surface area contributed by atoms with Gasteiger partial charge in [0.15, 0.2) is 18.1 Å². The molecule has 3 rings (SSSR count). The van der Waals surface area contributed by atoms with Gasteiger partial charge in [-0.15, -0.1) is 0 Å². The molecule has 3 aromatic rings. The van der Waals surface area contributed by atoms with Crippen molar-refractivity contribution in [2.75, 3.05) is 13.7 Å². The Morgan fingerprint density at radius 2 is 1.79 bits per heavy atom. The lowest BCUT2D eigenvalue weighted by Crippen LogP contribution is -2.24. The molecule has 0 aromatic heterocycles. The summed E-state index contributed by atoms with van der Waals surface area (Å²) in [6, 6.07) is 17.5. The van der Waals surface area contributed by atoms with Crippen LogP contribution in [0, 0.1) is 13.8 Å². The zero-order valence-electron chi connectivity index (χ0n) is 18.4. The first-order valence-corrected chi connectivity index (χ1v) is 10.8. The van der Waals surface area contributed by atoms with Crippen LogP contribution in [0.2, 0.25) is 0 Å². The molecular formula is C25H23BrN2O5. The Labute approximate surface area is 200 Å². The van der Waals surface area contributed by atoms with E-state index in [2.05, 4.69) is 26.5 Å². The number of methoxy groups -OCH3 is 1. The average molecular weight is 511 g/mol. The van der Waals surface area contributed by atoms with Crippen LogP contribution in [0.5, 0.6) is 17.2 Å². The number of amides is 1. The van der Waals surface area contributed by atoms with Gasteiger partial charge in [0, 0.05) is 4.47 Å². The summed E-state index contributed by atoms with van der Waals surface area (Å²) >= 11 is 3.33. The van der Waals surface area contributed by atoms with Crippen molar-refractivity contribution in [2.45, 2.75) is 13.8 Å². The highest BCUT2D eigenvalue weighted by molar-refractivity contribution is 9.10. The second-order valence-corrected chi connectivity index (χ2v) is 8.01. The summed E-state index contributed by atoms with van der Waals surface area (Å²) in [5.74, 6) is 0.384. The lowest BCUT2D eigenvalue weighted by Gasteiger charge is -2.10. The molecule has 0 saturated heterocycles. The van der Waals surface area contributed by atoms with Crippen molar-refractivity contribution in [3.8, 4) is 17.2 Å². The largest absolute Gasteiger partial charge is 0.493 e. The molecule has 33 heavy (non-hydrogen) atoms. The quantitative estimate of drug-likeness (QED) is 0.203. The van der Waals surface area contributed by atoms with Crippen molar-refractivity contribution in [3.05, 3.63) is 87.4 Å². The van der Waals surface area contributed by atoms with E-state index >= 15 is 0 Å². The maximum atomic E-state index is 12.4. The Balaban J connectivity index is 1.58. The molecule has 0 fully saturated rings. The minimum atomic E-state index is -0.507. The highest BCUT2D eigenvalue weighted by Gasteiger charge is 2.13. The maximum Gasteiger partial charge on any atom is 0.343 e.